The molecule has 1 aliphatic heterocycles. The van der Waals surface area contributed by atoms with Gasteiger partial charge in [-0.05, 0) is 58.2 Å². The molecule has 2 aromatic heterocycles. The van der Waals surface area contributed by atoms with Gasteiger partial charge in [0, 0.05) is 17.2 Å². The van der Waals surface area contributed by atoms with Crippen LogP contribution in [-0.2, 0) is 13.0 Å². The van der Waals surface area contributed by atoms with E-state index in [-0.39, 0.29) is 11.9 Å². The molecule has 146 valence electrons. The minimum absolute atomic E-state index is 0.234. The monoisotopic (exact) mass is 453 g/mol. The second-order valence-corrected chi connectivity index (χ2v) is 7.77. The molecule has 0 fully saturated rings. The van der Waals surface area contributed by atoms with Crippen LogP contribution in [0.25, 0.3) is 11.2 Å². The summed E-state index contributed by atoms with van der Waals surface area (Å²) in [6.45, 7) is 1.04. The molecule has 0 radical (unpaired) electrons. The van der Waals surface area contributed by atoms with Crippen LogP contribution in [-0.4, -0.2) is 21.1 Å². The molecule has 7 heteroatoms. The van der Waals surface area contributed by atoms with Crippen LogP contribution in [0.2, 0.25) is 0 Å². The smallest absolute Gasteiger partial charge is 0.190 e. The average molecular weight is 454 g/mol. The van der Waals surface area contributed by atoms with Gasteiger partial charge in [0.15, 0.2) is 29.1 Å². The second kappa shape index (κ2) is 7.48. The predicted octanol–water partition coefficient (Wildman–Crippen LogP) is 5.09. The Hall–Kier alpha value is -2.93. The highest BCUT2D eigenvalue weighted by Gasteiger charge is 2.28. The van der Waals surface area contributed by atoms with E-state index in [4.69, 9.17) is 14.5 Å². The van der Waals surface area contributed by atoms with Crippen molar-refractivity contribution in [2.24, 2.45) is 0 Å². The Morgan fingerprint density at radius 1 is 1.10 bits per heavy atom. The summed E-state index contributed by atoms with van der Waals surface area (Å²) >= 11 is 3.50. The van der Waals surface area contributed by atoms with E-state index in [1.54, 1.807) is 18.3 Å². The highest BCUT2D eigenvalue weighted by atomic mass is 79.9. The van der Waals surface area contributed by atoms with Crippen LogP contribution in [0.3, 0.4) is 0 Å². The molecule has 0 aliphatic carbocycles. The first-order chi connectivity index (χ1) is 14.2. The van der Waals surface area contributed by atoms with Crippen molar-refractivity contribution >= 4 is 27.1 Å². The van der Waals surface area contributed by atoms with Gasteiger partial charge in [0.2, 0.25) is 0 Å². The lowest BCUT2D eigenvalue weighted by Crippen LogP contribution is -2.25. The first-order valence-corrected chi connectivity index (χ1v) is 10.1. The summed E-state index contributed by atoms with van der Waals surface area (Å²) in [5.74, 6) is 1.97. The molecule has 4 aromatic rings. The van der Waals surface area contributed by atoms with Crippen molar-refractivity contribution in [2.75, 3.05) is 6.61 Å². The fourth-order valence-corrected chi connectivity index (χ4v) is 3.84. The first-order valence-electron chi connectivity index (χ1n) is 9.32. The van der Waals surface area contributed by atoms with Crippen LogP contribution >= 0.6 is 15.9 Å². The Bertz CT molecular complexity index is 1180. The van der Waals surface area contributed by atoms with Crippen LogP contribution in [0.15, 0.2) is 65.3 Å². The number of nitrogens with zero attached hydrogens (tertiary/aromatic N) is 3. The molecule has 1 atom stereocenters. The van der Waals surface area contributed by atoms with Crippen LogP contribution in [0.4, 0.5) is 4.39 Å². The molecule has 3 heterocycles. The Morgan fingerprint density at radius 2 is 1.90 bits per heavy atom. The maximum absolute atomic E-state index is 13.2. The number of hydrogen-bond acceptors (Lipinski definition) is 4. The van der Waals surface area contributed by atoms with E-state index in [0.717, 1.165) is 33.5 Å². The van der Waals surface area contributed by atoms with Crippen LogP contribution in [0.5, 0.6) is 11.5 Å². The topological polar surface area (TPSA) is 49.2 Å². The Morgan fingerprint density at radius 3 is 2.72 bits per heavy atom. The van der Waals surface area contributed by atoms with Crippen molar-refractivity contribution in [2.45, 2.75) is 19.1 Å². The highest BCUT2D eigenvalue weighted by Crippen LogP contribution is 2.36. The zero-order chi connectivity index (χ0) is 19.8. The van der Waals surface area contributed by atoms with Gasteiger partial charge in [0.1, 0.15) is 12.4 Å². The maximum Gasteiger partial charge on any atom is 0.190 e. The van der Waals surface area contributed by atoms with Crippen molar-refractivity contribution < 1.29 is 13.9 Å². The zero-order valence-corrected chi connectivity index (χ0v) is 17.0. The van der Waals surface area contributed by atoms with Gasteiger partial charge in [0.25, 0.3) is 0 Å². The number of aryl methyl sites for hydroxylation is 2. The van der Waals surface area contributed by atoms with Gasteiger partial charge >= 0.3 is 0 Å². The van der Waals surface area contributed by atoms with Crippen molar-refractivity contribution in [3.63, 3.8) is 0 Å². The fraction of sp³-hybridized carbons (Fsp3) is 0.182. The summed E-state index contributed by atoms with van der Waals surface area (Å²) in [6.07, 6.45) is 2.12. The summed E-state index contributed by atoms with van der Waals surface area (Å²) in [5, 5.41) is 0. The van der Waals surface area contributed by atoms with Crippen LogP contribution in [0, 0.1) is 5.82 Å². The minimum atomic E-state index is -0.342. The van der Waals surface area contributed by atoms with Crippen molar-refractivity contribution in [3.8, 4) is 11.5 Å². The zero-order valence-electron chi connectivity index (χ0n) is 15.4. The summed E-state index contributed by atoms with van der Waals surface area (Å²) in [6, 6.07) is 16.2. The predicted molar refractivity (Wildman–Crippen MR) is 111 cm³/mol. The number of ether oxygens (including phenoxy) is 2. The molecule has 1 unspecified atom stereocenters. The van der Waals surface area contributed by atoms with E-state index in [2.05, 4.69) is 25.5 Å². The van der Waals surface area contributed by atoms with Gasteiger partial charge in [-0.3, -0.25) is 0 Å². The largest absolute Gasteiger partial charge is 0.485 e. The molecule has 0 amide bonds. The van der Waals surface area contributed by atoms with E-state index in [9.17, 15) is 4.39 Å². The molecule has 5 rings (SSSR count). The Labute approximate surface area is 175 Å². The maximum atomic E-state index is 13.2. The van der Waals surface area contributed by atoms with Crippen molar-refractivity contribution in [1.82, 2.24) is 14.5 Å². The SMILES string of the molecule is Fc1ccc(CCn2c(C3COc4ccccc4O3)nc3ncc(Br)cc32)cc1. The lowest BCUT2D eigenvalue weighted by Gasteiger charge is -2.26. The summed E-state index contributed by atoms with van der Waals surface area (Å²) in [5.41, 5.74) is 2.62. The van der Waals surface area contributed by atoms with Crippen molar-refractivity contribution in [3.05, 3.63) is 82.5 Å². The molecular weight excluding hydrogens is 437 g/mol. The number of fused-ring (bicyclic) bond motifs is 2. The van der Waals surface area contributed by atoms with E-state index in [1.165, 1.54) is 12.1 Å². The van der Waals surface area contributed by atoms with Gasteiger partial charge in [0.05, 0.1) is 5.52 Å². The van der Waals surface area contributed by atoms with Gasteiger partial charge in [-0.2, -0.15) is 0 Å². The number of rotatable bonds is 4. The molecule has 0 N–H and O–H groups in total. The number of hydrogen-bond donors (Lipinski definition) is 0. The van der Waals surface area contributed by atoms with Gasteiger partial charge in [-0.25, -0.2) is 14.4 Å². The molecule has 2 aromatic carbocycles. The third-order valence-electron chi connectivity index (χ3n) is 4.94. The van der Waals surface area contributed by atoms with Crippen molar-refractivity contribution in [1.29, 1.82) is 0 Å². The molecule has 0 saturated heterocycles. The lowest BCUT2D eigenvalue weighted by molar-refractivity contribution is 0.0827. The molecular formula is C22H17BrFN3O2. The molecule has 5 nitrogen and oxygen atoms in total. The fourth-order valence-electron chi connectivity index (χ4n) is 3.52. The first kappa shape index (κ1) is 18.1. The quantitative estimate of drug-likeness (QED) is 0.431. The Balaban J connectivity index is 1.51. The van der Waals surface area contributed by atoms with E-state index < -0.39 is 0 Å². The number of para-hydroxylation sites is 2. The minimum Gasteiger partial charge on any atom is -0.485 e. The lowest BCUT2D eigenvalue weighted by atomic mass is 10.1. The standard InChI is InChI=1S/C22H17BrFN3O2/c23-15-11-17-21(25-12-15)26-22(20-13-28-18-3-1-2-4-19(18)29-20)27(17)10-9-14-5-7-16(24)8-6-14/h1-8,11-12,20H,9-10,13H2. The number of benzene rings is 2. The molecule has 29 heavy (non-hydrogen) atoms. The normalized spacial score (nSPS) is 15.6. The number of halogens is 2. The summed E-state index contributed by atoms with van der Waals surface area (Å²) in [4.78, 5) is 9.19. The average Bonchev–Trinajstić information content (AvgIpc) is 3.10. The molecule has 0 bridgehead atoms. The third kappa shape index (κ3) is 3.58. The van der Waals surface area contributed by atoms with Crippen LogP contribution < -0.4 is 9.47 Å². The Kier molecular flexibility index (Phi) is 4.67. The van der Waals surface area contributed by atoms with Crippen LogP contribution in [0.1, 0.15) is 17.5 Å². The number of aromatic nitrogens is 3. The van der Waals surface area contributed by atoms with Gasteiger partial charge in [-0.1, -0.05) is 24.3 Å². The molecule has 0 spiro atoms. The van der Waals surface area contributed by atoms with E-state index >= 15 is 0 Å². The summed E-state index contributed by atoms with van der Waals surface area (Å²) < 4.78 is 28.3. The van der Waals surface area contributed by atoms with Gasteiger partial charge < -0.3 is 14.0 Å². The number of imidazole rings is 1. The third-order valence-corrected chi connectivity index (χ3v) is 5.37. The second-order valence-electron chi connectivity index (χ2n) is 6.86. The van der Waals surface area contributed by atoms with E-state index in [0.29, 0.717) is 24.5 Å². The molecule has 1 aliphatic rings. The van der Waals surface area contributed by atoms with Gasteiger partial charge in [-0.15, -0.1) is 0 Å². The molecule has 0 saturated carbocycles. The summed E-state index contributed by atoms with van der Waals surface area (Å²) in [7, 11) is 0. The highest BCUT2D eigenvalue weighted by molar-refractivity contribution is 9.10. The number of pyridine rings is 1. The van der Waals surface area contributed by atoms with E-state index in [1.807, 2.05) is 30.3 Å².